The summed E-state index contributed by atoms with van der Waals surface area (Å²) < 4.78 is 27.8. The van der Waals surface area contributed by atoms with Crippen molar-refractivity contribution in [2.24, 2.45) is 0 Å². The highest BCUT2D eigenvalue weighted by Crippen LogP contribution is 2.48. The van der Waals surface area contributed by atoms with E-state index >= 15 is 0 Å². The largest absolute Gasteiger partial charge is 0.497 e. The predicted octanol–water partition coefficient (Wildman–Crippen LogP) is 5.68. The zero-order valence-corrected chi connectivity index (χ0v) is 19.8. The van der Waals surface area contributed by atoms with Gasteiger partial charge in [-0.05, 0) is 60.5 Å². The van der Waals surface area contributed by atoms with Crippen molar-refractivity contribution in [1.29, 1.82) is 0 Å². The molecule has 0 aliphatic carbocycles. The van der Waals surface area contributed by atoms with E-state index in [2.05, 4.69) is 35.2 Å². The SMILES string of the molecule is COc1ccc(OC)c(CN2CCC(c3ccc4c(c3)OCO4)Sc3cc(OC)ccc32)c1. The zero-order chi connectivity index (χ0) is 22.8. The van der Waals surface area contributed by atoms with E-state index in [1.165, 1.54) is 16.1 Å². The van der Waals surface area contributed by atoms with Gasteiger partial charge >= 0.3 is 0 Å². The minimum absolute atomic E-state index is 0.280. The van der Waals surface area contributed by atoms with E-state index in [9.17, 15) is 0 Å². The normalized spacial score (nSPS) is 16.7. The highest BCUT2D eigenvalue weighted by molar-refractivity contribution is 7.99. The summed E-state index contributed by atoms with van der Waals surface area (Å²) in [4.78, 5) is 3.60. The molecule has 6 nitrogen and oxygen atoms in total. The van der Waals surface area contributed by atoms with Crippen LogP contribution in [0.4, 0.5) is 5.69 Å². The average Bonchev–Trinajstić information content (AvgIpc) is 3.26. The summed E-state index contributed by atoms with van der Waals surface area (Å²) in [6.45, 7) is 1.90. The highest BCUT2D eigenvalue weighted by Gasteiger charge is 2.26. The van der Waals surface area contributed by atoms with E-state index < -0.39 is 0 Å². The molecular weight excluding hydrogens is 438 g/mol. The fraction of sp³-hybridized carbons (Fsp3) is 0.308. The maximum absolute atomic E-state index is 5.64. The average molecular weight is 466 g/mol. The van der Waals surface area contributed by atoms with Gasteiger partial charge < -0.3 is 28.6 Å². The molecule has 0 spiro atoms. The number of hydrogen-bond acceptors (Lipinski definition) is 7. The van der Waals surface area contributed by atoms with E-state index in [4.69, 9.17) is 23.7 Å². The summed E-state index contributed by atoms with van der Waals surface area (Å²) in [5.74, 6) is 4.16. The molecular formula is C26H27NO5S. The smallest absolute Gasteiger partial charge is 0.231 e. The maximum atomic E-state index is 5.64. The van der Waals surface area contributed by atoms with Crippen LogP contribution in [0.3, 0.4) is 0 Å². The number of rotatable bonds is 6. The standard InChI is InChI=1S/C26H27NO5S/c1-28-19-6-9-22(30-3)18(12-19)15-27-11-10-25(17-4-8-23-24(13-17)32-16-31-23)33-26-14-20(29-2)5-7-21(26)27/h4-9,12-14,25H,10-11,15-16H2,1-3H3. The van der Waals surface area contributed by atoms with Gasteiger partial charge in [-0.1, -0.05) is 6.07 Å². The number of fused-ring (bicyclic) bond motifs is 2. The lowest BCUT2D eigenvalue weighted by Gasteiger charge is -2.26. The van der Waals surface area contributed by atoms with E-state index in [1.54, 1.807) is 21.3 Å². The van der Waals surface area contributed by atoms with Crippen LogP contribution in [0.15, 0.2) is 59.5 Å². The van der Waals surface area contributed by atoms with Crippen LogP contribution in [0, 0.1) is 0 Å². The minimum atomic E-state index is 0.280. The molecule has 172 valence electrons. The van der Waals surface area contributed by atoms with E-state index in [0.717, 1.165) is 47.3 Å². The van der Waals surface area contributed by atoms with Gasteiger partial charge in [0.1, 0.15) is 17.2 Å². The van der Waals surface area contributed by atoms with Gasteiger partial charge in [-0.15, -0.1) is 11.8 Å². The fourth-order valence-electron chi connectivity index (χ4n) is 4.31. The van der Waals surface area contributed by atoms with Crippen molar-refractivity contribution in [2.75, 3.05) is 39.6 Å². The van der Waals surface area contributed by atoms with Crippen LogP contribution in [0.25, 0.3) is 0 Å². The van der Waals surface area contributed by atoms with Crippen molar-refractivity contribution in [1.82, 2.24) is 0 Å². The number of ether oxygens (including phenoxy) is 5. The van der Waals surface area contributed by atoms with Gasteiger partial charge in [0, 0.05) is 28.8 Å². The first-order valence-electron chi connectivity index (χ1n) is 10.9. The van der Waals surface area contributed by atoms with Gasteiger partial charge in [0.2, 0.25) is 6.79 Å². The molecule has 3 aromatic rings. The van der Waals surface area contributed by atoms with Crippen LogP contribution >= 0.6 is 11.8 Å². The number of nitrogens with zero attached hydrogens (tertiary/aromatic N) is 1. The van der Waals surface area contributed by atoms with Crippen LogP contribution < -0.4 is 28.6 Å². The van der Waals surface area contributed by atoms with E-state index in [-0.39, 0.29) is 12.0 Å². The lowest BCUT2D eigenvalue weighted by molar-refractivity contribution is 0.174. The molecule has 33 heavy (non-hydrogen) atoms. The summed E-state index contributed by atoms with van der Waals surface area (Å²) >= 11 is 1.86. The molecule has 0 saturated heterocycles. The quantitative estimate of drug-likeness (QED) is 0.464. The second-order valence-electron chi connectivity index (χ2n) is 7.94. The molecule has 5 rings (SSSR count). The summed E-state index contributed by atoms with van der Waals surface area (Å²) in [5, 5.41) is 0.280. The Hall–Kier alpha value is -3.19. The topological polar surface area (TPSA) is 49.4 Å². The first kappa shape index (κ1) is 21.6. The van der Waals surface area contributed by atoms with Crippen molar-refractivity contribution in [3.8, 4) is 28.7 Å². The van der Waals surface area contributed by atoms with Crippen LogP contribution in [0.1, 0.15) is 22.8 Å². The summed E-state index contributed by atoms with van der Waals surface area (Å²) in [6, 6.07) is 18.5. The van der Waals surface area contributed by atoms with Crippen molar-refractivity contribution in [3.05, 3.63) is 65.7 Å². The van der Waals surface area contributed by atoms with Crippen molar-refractivity contribution in [3.63, 3.8) is 0 Å². The van der Waals surface area contributed by atoms with Gasteiger partial charge in [0.05, 0.1) is 27.0 Å². The molecule has 0 aromatic heterocycles. The Labute approximate surface area is 198 Å². The van der Waals surface area contributed by atoms with Crippen LogP contribution in [-0.2, 0) is 6.54 Å². The Kier molecular flexibility index (Phi) is 6.13. The van der Waals surface area contributed by atoms with E-state index in [1.807, 2.05) is 36.0 Å². The maximum Gasteiger partial charge on any atom is 0.231 e. The molecule has 0 N–H and O–H groups in total. The van der Waals surface area contributed by atoms with Gasteiger partial charge in [-0.3, -0.25) is 0 Å². The molecule has 0 bridgehead atoms. The number of thioether (sulfide) groups is 1. The minimum Gasteiger partial charge on any atom is -0.497 e. The molecule has 2 heterocycles. The van der Waals surface area contributed by atoms with Gasteiger partial charge in [0.15, 0.2) is 11.5 Å². The zero-order valence-electron chi connectivity index (χ0n) is 19.0. The molecule has 0 radical (unpaired) electrons. The van der Waals surface area contributed by atoms with Crippen molar-refractivity contribution < 1.29 is 23.7 Å². The number of benzene rings is 3. The van der Waals surface area contributed by atoms with Crippen molar-refractivity contribution in [2.45, 2.75) is 23.1 Å². The third-order valence-electron chi connectivity index (χ3n) is 6.06. The fourth-order valence-corrected chi connectivity index (χ4v) is 5.62. The number of methoxy groups -OCH3 is 3. The summed E-state index contributed by atoms with van der Waals surface area (Å²) in [5.41, 5.74) is 3.51. The van der Waals surface area contributed by atoms with Gasteiger partial charge in [-0.2, -0.15) is 0 Å². The van der Waals surface area contributed by atoms with E-state index in [0.29, 0.717) is 6.54 Å². The first-order chi connectivity index (χ1) is 16.2. The third-order valence-corrected chi connectivity index (χ3v) is 7.43. The Morgan fingerprint density at radius 2 is 1.67 bits per heavy atom. The second-order valence-corrected chi connectivity index (χ2v) is 9.19. The molecule has 2 aliphatic rings. The summed E-state index contributed by atoms with van der Waals surface area (Å²) in [7, 11) is 5.10. The first-order valence-corrected chi connectivity index (χ1v) is 11.8. The molecule has 0 saturated carbocycles. The van der Waals surface area contributed by atoms with Gasteiger partial charge in [-0.25, -0.2) is 0 Å². The molecule has 7 heteroatoms. The monoisotopic (exact) mass is 465 g/mol. The number of hydrogen-bond donors (Lipinski definition) is 0. The Balaban J connectivity index is 1.49. The van der Waals surface area contributed by atoms with Crippen molar-refractivity contribution >= 4 is 17.4 Å². The Bertz CT molecular complexity index is 1150. The van der Waals surface area contributed by atoms with Crippen LogP contribution in [0.2, 0.25) is 0 Å². The molecule has 0 fully saturated rings. The number of anilines is 1. The second kappa shape index (κ2) is 9.35. The van der Waals surface area contributed by atoms with Gasteiger partial charge in [0.25, 0.3) is 0 Å². The Morgan fingerprint density at radius 3 is 2.48 bits per heavy atom. The molecule has 0 amide bonds. The lowest BCUT2D eigenvalue weighted by Crippen LogP contribution is -2.24. The predicted molar refractivity (Wildman–Crippen MR) is 129 cm³/mol. The molecule has 1 atom stereocenters. The summed E-state index contributed by atoms with van der Waals surface area (Å²) in [6.07, 6.45) is 0.980. The highest BCUT2D eigenvalue weighted by atomic mass is 32.2. The molecule has 1 unspecified atom stereocenters. The lowest BCUT2D eigenvalue weighted by atomic mass is 10.1. The third kappa shape index (κ3) is 4.37. The molecule has 2 aliphatic heterocycles. The van der Waals surface area contributed by atoms with Crippen LogP contribution in [0.5, 0.6) is 28.7 Å². The Morgan fingerprint density at radius 1 is 0.879 bits per heavy atom. The van der Waals surface area contributed by atoms with Crippen LogP contribution in [-0.4, -0.2) is 34.7 Å². The molecule has 3 aromatic carbocycles.